The number of hydrogen-bond donors (Lipinski definition) is 1. The fraction of sp³-hybridized carbons (Fsp3) is 0.350. The summed E-state index contributed by atoms with van der Waals surface area (Å²) in [4.78, 5) is 36.2. The topological polar surface area (TPSA) is 81.7 Å². The van der Waals surface area contributed by atoms with Gasteiger partial charge in [-0.1, -0.05) is 18.7 Å². The Hall–Kier alpha value is -2.89. The molecular weight excluding hydrogens is 334 g/mol. The molecule has 0 bridgehead atoms. The van der Waals surface area contributed by atoms with Crippen molar-refractivity contribution in [3.8, 4) is 5.75 Å². The number of rotatable bonds is 3. The number of Topliss-reactive ketones (excluding diaryl/α,β-unsaturated/α-hetero) is 1. The van der Waals surface area contributed by atoms with Crippen LogP contribution in [-0.4, -0.2) is 24.8 Å². The highest BCUT2D eigenvalue weighted by molar-refractivity contribution is 6.00. The second kappa shape index (κ2) is 7.15. The molecule has 0 radical (unpaired) electrons. The van der Waals surface area contributed by atoms with E-state index >= 15 is 0 Å². The summed E-state index contributed by atoms with van der Waals surface area (Å²) >= 11 is 0. The Labute approximate surface area is 151 Å². The summed E-state index contributed by atoms with van der Waals surface area (Å²) in [5.74, 6) is -1.57. The van der Waals surface area contributed by atoms with Crippen molar-refractivity contribution in [2.24, 2.45) is 5.92 Å². The molecule has 0 saturated carbocycles. The van der Waals surface area contributed by atoms with Gasteiger partial charge in [0.05, 0.1) is 7.11 Å². The predicted octanol–water partition coefficient (Wildman–Crippen LogP) is 2.61. The second-order valence-corrected chi connectivity index (χ2v) is 6.46. The van der Waals surface area contributed by atoms with Crippen molar-refractivity contribution < 1.29 is 23.9 Å². The van der Waals surface area contributed by atoms with Crippen LogP contribution in [0.2, 0.25) is 0 Å². The van der Waals surface area contributed by atoms with Crippen molar-refractivity contribution >= 4 is 17.7 Å². The molecular formula is C20H21NO5. The Morgan fingerprint density at radius 2 is 1.88 bits per heavy atom. The van der Waals surface area contributed by atoms with E-state index in [0.717, 1.165) is 24.1 Å². The van der Waals surface area contributed by atoms with Gasteiger partial charge >= 0.3 is 11.9 Å². The van der Waals surface area contributed by atoms with Crippen LogP contribution in [0.15, 0.2) is 47.8 Å². The molecule has 1 aromatic carbocycles. The first-order valence-electron chi connectivity index (χ1n) is 8.50. The minimum absolute atomic E-state index is 0.0363. The number of allylic oxidation sites excluding steroid dienone is 2. The molecule has 1 aromatic rings. The first-order valence-corrected chi connectivity index (χ1v) is 8.50. The van der Waals surface area contributed by atoms with Gasteiger partial charge in [-0.3, -0.25) is 14.4 Å². The lowest BCUT2D eigenvalue weighted by Gasteiger charge is -2.38. The molecule has 1 heterocycles. The zero-order valence-corrected chi connectivity index (χ0v) is 14.8. The van der Waals surface area contributed by atoms with Gasteiger partial charge in [0.1, 0.15) is 11.7 Å². The smallest absolute Gasteiger partial charge is 0.315 e. The second-order valence-electron chi connectivity index (χ2n) is 6.46. The van der Waals surface area contributed by atoms with Gasteiger partial charge in [0.15, 0.2) is 5.78 Å². The standard InChI is InChI=1S/C20H21NO5/c1-11-17(20(24)25-3)18(19-15(21-11)5-4-6-16(19)23)13-7-9-14(10-8-13)26-12(2)22/h7-10,17-18,21H,1,4-6H2,2-3H3. The third kappa shape index (κ3) is 3.27. The van der Waals surface area contributed by atoms with Gasteiger partial charge in [-0.15, -0.1) is 0 Å². The van der Waals surface area contributed by atoms with E-state index < -0.39 is 23.8 Å². The van der Waals surface area contributed by atoms with Gasteiger partial charge in [-0.05, 0) is 30.5 Å². The number of esters is 2. The lowest BCUT2D eigenvalue weighted by atomic mass is 9.71. The van der Waals surface area contributed by atoms with Crippen LogP contribution in [0, 0.1) is 5.92 Å². The van der Waals surface area contributed by atoms with Gasteiger partial charge < -0.3 is 14.8 Å². The first-order chi connectivity index (χ1) is 12.4. The summed E-state index contributed by atoms with van der Waals surface area (Å²) in [7, 11) is 1.32. The Balaban J connectivity index is 2.07. The van der Waals surface area contributed by atoms with E-state index in [2.05, 4.69) is 11.9 Å². The number of ketones is 1. The molecule has 0 aromatic heterocycles. The number of benzene rings is 1. The molecule has 2 aliphatic rings. The van der Waals surface area contributed by atoms with Crippen LogP contribution in [0.1, 0.15) is 37.7 Å². The van der Waals surface area contributed by atoms with E-state index in [1.54, 1.807) is 24.3 Å². The predicted molar refractivity (Wildman–Crippen MR) is 94.2 cm³/mol. The summed E-state index contributed by atoms with van der Waals surface area (Å²) in [5.41, 5.74) is 2.76. The van der Waals surface area contributed by atoms with Crippen molar-refractivity contribution in [3.63, 3.8) is 0 Å². The largest absolute Gasteiger partial charge is 0.468 e. The molecule has 2 atom stereocenters. The number of carbonyl (C=O) groups excluding carboxylic acids is 3. The number of carbonyl (C=O) groups is 3. The molecule has 136 valence electrons. The highest BCUT2D eigenvalue weighted by Crippen LogP contribution is 2.44. The molecule has 2 unspecified atom stereocenters. The summed E-state index contributed by atoms with van der Waals surface area (Å²) < 4.78 is 10.0. The van der Waals surface area contributed by atoms with E-state index in [1.807, 2.05) is 0 Å². The van der Waals surface area contributed by atoms with Gasteiger partial charge in [-0.25, -0.2) is 0 Å². The number of methoxy groups -OCH3 is 1. The Bertz CT molecular complexity index is 806. The molecule has 0 amide bonds. The summed E-state index contributed by atoms with van der Waals surface area (Å²) in [6, 6.07) is 6.85. The third-order valence-corrected chi connectivity index (χ3v) is 4.74. The normalized spacial score (nSPS) is 22.4. The lowest BCUT2D eigenvalue weighted by molar-refractivity contribution is -0.144. The average molecular weight is 355 g/mol. The highest BCUT2D eigenvalue weighted by Gasteiger charge is 2.43. The van der Waals surface area contributed by atoms with Crippen LogP contribution >= 0.6 is 0 Å². The van der Waals surface area contributed by atoms with Crippen LogP contribution in [-0.2, 0) is 19.1 Å². The fourth-order valence-corrected chi connectivity index (χ4v) is 3.67. The van der Waals surface area contributed by atoms with Gasteiger partial charge in [0.2, 0.25) is 0 Å². The van der Waals surface area contributed by atoms with Crippen LogP contribution in [0.5, 0.6) is 5.75 Å². The van der Waals surface area contributed by atoms with E-state index in [4.69, 9.17) is 9.47 Å². The number of ether oxygens (including phenoxy) is 2. The van der Waals surface area contributed by atoms with E-state index in [1.165, 1.54) is 14.0 Å². The summed E-state index contributed by atoms with van der Waals surface area (Å²) in [6.45, 7) is 5.32. The quantitative estimate of drug-likeness (QED) is 0.663. The van der Waals surface area contributed by atoms with Crippen LogP contribution in [0.4, 0.5) is 0 Å². The average Bonchev–Trinajstić information content (AvgIpc) is 2.60. The SMILES string of the molecule is C=C1NC2=C(C(=O)CCC2)C(c2ccc(OC(C)=O)cc2)C1C(=O)OC. The summed E-state index contributed by atoms with van der Waals surface area (Å²) in [5, 5.41) is 3.15. The van der Waals surface area contributed by atoms with Gasteiger partial charge in [0, 0.05) is 36.2 Å². The van der Waals surface area contributed by atoms with E-state index in [-0.39, 0.29) is 5.78 Å². The van der Waals surface area contributed by atoms with Crippen LogP contribution in [0.25, 0.3) is 0 Å². The minimum Gasteiger partial charge on any atom is -0.468 e. The molecule has 0 saturated heterocycles. The van der Waals surface area contributed by atoms with E-state index in [9.17, 15) is 14.4 Å². The van der Waals surface area contributed by atoms with Crippen molar-refractivity contribution in [1.82, 2.24) is 5.32 Å². The van der Waals surface area contributed by atoms with Crippen molar-refractivity contribution in [3.05, 3.63) is 53.4 Å². The highest BCUT2D eigenvalue weighted by atomic mass is 16.5. The molecule has 3 rings (SSSR count). The first kappa shape index (κ1) is 17.9. The zero-order valence-electron chi connectivity index (χ0n) is 14.8. The molecule has 1 N–H and O–H groups in total. The number of nitrogens with one attached hydrogen (secondary N) is 1. The van der Waals surface area contributed by atoms with E-state index in [0.29, 0.717) is 23.4 Å². The van der Waals surface area contributed by atoms with Gasteiger partial charge in [0.25, 0.3) is 0 Å². The Morgan fingerprint density at radius 1 is 1.19 bits per heavy atom. The maximum Gasteiger partial charge on any atom is 0.315 e. The zero-order chi connectivity index (χ0) is 18.8. The molecule has 1 aliphatic carbocycles. The lowest BCUT2D eigenvalue weighted by Crippen LogP contribution is -2.40. The molecule has 1 aliphatic heterocycles. The number of hydrogen-bond acceptors (Lipinski definition) is 6. The summed E-state index contributed by atoms with van der Waals surface area (Å²) in [6.07, 6.45) is 1.98. The molecule has 6 heteroatoms. The minimum atomic E-state index is -0.694. The Morgan fingerprint density at radius 3 is 2.50 bits per heavy atom. The monoisotopic (exact) mass is 355 g/mol. The molecule has 0 spiro atoms. The van der Waals surface area contributed by atoms with Crippen LogP contribution in [0.3, 0.4) is 0 Å². The van der Waals surface area contributed by atoms with Crippen LogP contribution < -0.4 is 10.1 Å². The van der Waals surface area contributed by atoms with Gasteiger partial charge in [-0.2, -0.15) is 0 Å². The Kier molecular flexibility index (Phi) is 4.93. The fourth-order valence-electron chi connectivity index (χ4n) is 3.67. The van der Waals surface area contributed by atoms with Crippen molar-refractivity contribution in [1.29, 1.82) is 0 Å². The molecule has 26 heavy (non-hydrogen) atoms. The molecule has 6 nitrogen and oxygen atoms in total. The third-order valence-electron chi connectivity index (χ3n) is 4.74. The van der Waals surface area contributed by atoms with Crippen molar-refractivity contribution in [2.75, 3.05) is 7.11 Å². The maximum atomic E-state index is 12.6. The molecule has 0 fully saturated rings. The maximum absolute atomic E-state index is 12.6. The van der Waals surface area contributed by atoms with Crippen molar-refractivity contribution in [2.45, 2.75) is 32.1 Å².